The second-order valence-corrected chi connectivity index (χ2v) is 5.27. The molecule has 0 atom stereocenters. The Kier molecular flexibility index (Phi) is 4.01. The van der Waals surface area contributed by atoms with Crippen molar-refractivity contribution in [2.75, 3.05) is 20.3 Å². The van der Waals surface area contributed by atoms with Crippen molar-refractivity contribution in [2.24, 2.45) is 0 Å². The summed E-state index contributed by atoms with van der Waals surface area (Å²) in [5.41, 5.74) is 1.82. The summed E-state index contributed by atoms with van der Waals surface area (Å²) in [6.07, 6.45) is 5.15. The zero-order valence-corrected chi connectivity index (χ0v) is 12.1. The smallest absolute Gasteiger partial charge is 0.329 e. The van der Waals surface area contributed by atoms with Gasteiger partial charge in [0.15, 0.2) is 0 Å². The summed E-state index contributed by atoms with van der Waals surface area (Å²) in [7, 11) is 1.85. The highest BCUT2D eigenvalue weighted by molar-refractivity contribution is 5.78. The third kappa shape index (κ3) is 2.97. The van der Waals surface area contributed by atoms with Gasteiger partial charge in [-0.1, -0.05) is 30.3 Å². The molecule has 0 saturated carbocycles. The van der Waals surface area contributed by atoms with Crippen molar-refractivity contribution in [3.8, 4) is 11.3 Å². The summed E-state index contributed by atoms with van der Waals surface area (Å²) in [5, 5.41) is 0. The molecule has 2 heterocycles. The van der Waals surface area contributed by atoms with Crippen molar-refractivity contribution >= 4 is 6.03 Å². The molecular weight excluding hydrogens is 266 g/mol. The predicted molar refractivity (Wildman–Crippen MR) is 80.1 cm³/mol. The molecule has 1 amide bonds. The maximum Gasteiger partial charge on any atom is 0.329 e. The summed E-state index contributed by atoms with van der Waals surface area (Å²) in [6.45, 7) is 1.45. The summed E-state index contributed by atoms with van der Waals surface area (Å²) < 4.78 is 6.89. The van der Waals surface area contributed by atoms with Crippen LogP contribution >= 0.6 is 0 Å². The second kappa shape index (κ2) is 6.10. The number of ether oxygens (including phenoxy) is 1. The lowest BCUT2D eigenvalue weighted by molar-refractivity contribution is 0.0528. The molecule has 1 fully saturated rings. The number of hydrogen-bond donors (Lipinski definition) is 0. The molecule has 0 aliphatic carbocycles. The van der Waals surface area contributed by atoms with Gasteiger partial charge in [-0.2, -0.15) is 0 Å². The Morgan fingerprint density at radius 1 is 1.29 bits per heavy atom. The van der Waals surface area contributed by atoms with Gasteiger partial charge in [0.25, 0.3) is 0 Å². The Morgan fingerprint density at radius 2 is 2.00 bits per heavy atom. The fourth-order valence-electron chi connectivity index (χ4n) is 2.60. The van der Waals surface area contributed by atoms with Crippen LogP contribution in [0.5, 0.6) is 0 Å². The van der Waals surface area contributed by atoms with Crippen LogP contribution in [0, 0.1) is 0 Å². The monoisotopic (exact) mass is 285 g/mol. The van der Waals surface area contributed by atoms with E-state index in [2.05, 4.69) is 4.98 Å². The molecule has 0 unspecified atom stereocenters. The molecule has 0 radical (unpaired) electrons. The Hall–Kier alpha value is -2.14. The van der Waals surface area contributed by atoms with E-state index in [0.29, 0.717) is 0 Å². The van der Waals surface area contributed by atoms with Crippen LogP contribution in [-0.2, 0) is 4.74 Å². The standard InChI is InChI=1S/C16H19N3O2/c1-18(14-7-9-21-10-8-14)16(20)19-11-15(17-12-19)13-5-3-2-4-6-13/h2-6,11-12,14H,7-10H2,1H3. The molecule has 0 spiro atoms. The molecule has 3 rings (SSSR count). The Morgan fingerprint density at radius 3 is 2.71 bits per heavy atom. The molecule has 110 valence electrons. The van der Waals surface area contributed by atoms with Crippen molar-refractivity contribution in [1.29, 1.82) is 0 Å². The molecule has 1 aromatic carbocycles. The predicted octanol–water partition coefficient (Wildman–Crippen LogP) is 2.63. The summed E-state index contributed by atoms with van der Waals surface area (Å²) in [6, 6.07) is 10.1. The van der Waals surface area contributed by atoms with Gasteiger partial charge >= 0.3 is 6.03 Å². The first kappa shape index (κ1) is 13.8. The molecule has 1 saturated heterocycles. The number of hydrogen-bond acceptors (Lipinski definition) is 3. The SMILES string of the molecule is CN(C(=O)n1cnc(-c2ccccc2)c1)C1CCOCC1. The Labute approximate surface area is 124 Å². The third-order valence-electron chi connectivity index (χ3n) is 3.91. The minimum absolute atomic E-state index is 0.0448. The van der Waals surface area contributed by atoms with Crippen molar-refractivity contribution in [3.05, 3.63) is 42.9 Å². The van der Waals surface area contributed by atoms with Crippen LogP contribution in [0.4, 0.5) is 4.79 Å². The molecule has 1 aliphatic heterocycles. The van der Waals surface area contributed by atoms with Crippen molar-refractivity contribution in [2.45, 2.75) is 18.9 Å². The topological polar surface area (TPSA) is 47.4 Å². The van der Waals surface area contributed by atoms with Gasteiger partial charge in [-0.25, -0.2) is 9.78 Å². The van der Waals surface area contributed by atoms with Crippen LogP contribution < -0.4 is 0 Å². The first-order valence-corrected chi connectivity index (χ1v) is 7.20. The maximum absolute atomic E-state index is 12.5. The van der Waals surface area contributed by atoms with Gasteiger partial charge in [-0.05, 0) is 12.8 Å². The minimum Gasteiger partial charge on any atom is -0.381 e. The lowest BCUT2D eigenvalue weighted by Gasteiger charge is -2.30. The average molecular weight is 285 g/mol. The van der Waals surface area contributed by atoms with Crippen LogP contribution in [0.3, 0.4) is 0 Å². The number of nitrogens with zero attached hydrogens (tertiary/aromatic N) is 3. The van der Waals surface area contributed by atoms with Gasteiger partial charge in [-0.15, -0.1) is 0 Å². The van der Waals surface area contributed by atoms with Gasteiger partial charge in [-0.3, -0.25) is 4.57 Å². The van der Waals surface area contributed by atoms with Crippen LogP contribution in [0.2, 0.25) is 0 Å². The molecule has 21 heavy (non-hydrogen) atoms. The largest absolute Gasteiger partial charge is 0.381 e. The second-order valence-electron chi connectivity index (χ2n) is 5.27. The van der Waals surface area contributed by atoms with E-state index >= 15 is 0 Å². The highest BCUT2D eigenvalue weighted by Gasteiger charge is 2.23. The molecule has 5 nitrogen and oxygen atoms in total. The van der Waals surface area contributed by atoms with Gasteiger partial charge in [0.05, 0.1) is 5.69 Å². The zero-order valence-electron chi connectivity index (χ0n) is 12.1. The first-order valence-electron chi connectivity index (χ1n) is 7.20. The molecular formula is C16H19N3O2. The summed E-state index contributed by atoms with van der Waals surface area (Å²) in [4.78, 5) is 18.6. The molecule has 1 aromatic heterocycles. The fraction of sp³-hybridized carbons (Fsp3) is 0.375. The number of amides is 1. The number of imidazole rings is 1. The molecule has 5 heteroatoms. The Balaban J connectivity index is 1.74. The Bertz CT molecular complexity index is 603. The van der Waals surface area contributed by atoms with E-state index in [0.717, 1.165) is 37.3 Å². The zero-order chi connectivity index (χ0) is 14.7. The molecule has 0 bridgehead atoms. The van der Waals surface area contributed by atoms with Gasteiger partial charge < -0.3 is 9.64 Å². The van der Waals surface area contributed by atoms with Gasteiger partial charge in [0.2, 0.25) is 0 Å². The third-order valence-corrected chi connectivity index (χ3v) is 3.91. The maximum atomic E-state index is 12.5. The van der Waals surface area contributed by atoms with Gasteiger partial charge in [0.1, 0.15) is 6.33 Å². The van der Waals surface area contributed by atoms with Crippen LogP contribution in [0.25, 0.3) is 11.3 Å². The van der Waals surface area contributed by atoms with E-state index in [1.807, 2.05) is 37.4 Å². The van der Waals surface area contributed by atoms with E-state index in [-0.39, 0.29) is 12.1 Å². The van der Waals surface area contributed by atoms with Crippen LogP contribution in [-0.4, -0.2) is 46.8 Å². The number of carbonyl (C=O) groups excluding carboxylic acids is 1. The number of carbonyl (C=O) groups is 1. The highest BCUT2D eigenvalue weighted by Crippen LogP contribution is 2.18. The van der Waals surface area contributed by atoms with Crippen LogP contribution in [0.15, 0.2) is 42.9 Å². The molecule has 2 aromatic rings. The van der Waals surface area contributed by atoms with E-state index in [9.17, 15) is 4.79 Å². The van der Waals surface area contributed by atoms with Crippen molar-refractivity contribution < 1.29 is 9.53 Å². The van der Waals surface area contributed by atoms with Crippen molar-refractivity contribution in [1.82, 2.24) is 14.5 Å². The number of benzene rings is 1. The van der Waals surface area contributed by atoms with E-state index in [4.69, 9.17) is 4.74 Å². The van der Waals surface area contributed by atoms with Crippen LogP contribution in [0.1, 0.15) is 12.8 Å². The van der Waals surface area contributed by atoms with E-state index in [1.165, 1.54) is 0 Å². The highest BCUT2D eigenvalue weighted by atomic mass is 16.5. The normalized spacial score (nSPS) is 15.9. The average Bonchev–Trinajstić information content (AvgIpc) is 3.05. The van der Waals surface area contributed by atoms with E-state index in [1.54, 1.807) is 22.0 Å². The quantitative estimate of drug-likeness (QED) is 0.852. The molecule has 1 aliphatic rings. The lowest BCUT2D eigenvalue weighted by Crippen LogP contribution is -2.42. The number of rotatable bonds is 2. The summed E-state index contributed by atoms with van der Waals surface area (Å²) in [5.74, 6) is 0. The fourth-order valence-corrected chi connectivity index (χ4v) is 2.60. The van der Waals surface area contributed by atoms with Gasteiger partial charge in [0, 0.05) is 38.1 Å². The van der Waals surface area contributed by atoms with Crippen molar-refractivity contribution in [3.63, 3.8) is 0 Å². The van der Waals surface area contributed by atoms with E-state index < -0.39 is 0 Å². The molecule has 0 N–H and O–H groups in total. The number of aromatic nitrogens is 2. The first-order chi connectivity index (χ1) is 10.3. The lowest BCUT2D eigenvalue weighted by atomic mass is 10.1. The summed E-state index contributed by atoms with van der Waals surface area (Å²) >= 11 is 0. The minimum atomic E-state index is -0.0448.